The molecule has 0 bridgehead atoms. The Morgan fingerprint density at radius 3 is 2.06 bits per heavy atom. The Balaban J connectivity index is 1.33. The zero-order chi connectivity index (χ0) is 31.3. The van der Waals surface area contributed by atoms with Gasteiger partial charge in [-0.05, 0) is 48.2 Å². The first-order valence-corrected chi connectivity index (χ1v) is 15.8. The third-order valence-corrected chi connectivity index (χ3v) is 9.13. The molecule has 0 unspecified atom stereocenters. The van der Waals surface area contributed by atoms with Crippen LogP contribution in [0.5, 0.6) is 0 Å². The lowest BCUT2D eigenvalue weighted by molar-refractivity contribution is 0.970. The van der Waals surface area contributed by atoms with Crippen LogP contribution in [-0.4, -0.2) is 21.3 Å². The van der Waals surface area contributed by atoms with Crippen molar-refractivity contribution >= 4 is 45.6 Å². The predicted octanol–water partition coefficient (Wildman–Crippen LogP) is 10.6. The number of fused-ring (bicyclic) bond motifs is 7. The van der Waals surface area contributed by atoms with Gasteiger partial charge in [-0.1, -0.05) is 115 Å². The maximum absolute atomic E-state index is 5.23. The predicted molar refractivity (Wildman–Crippen MR) is 194 cm³/mol. The molecule has 0 amide bonds. The van der Waals surface area contributed by atoms with Gasteiger partial charge in [0.25, 0.3) is 0 Å². The largest absolute Gasteiger partial charge is 0.335 e. The number of aromatic nitrogens is 3. The number of aliphatic imine (C=N–C) groups is 1. The van der Waals surface area contributed by atoms with Crippen LogP contribution >= 0.6 is 0 Å². The van der Waals surface area contributed by atoms with Gasteiger partial charge in [-0.25, -0.2) is 9.97 Å². The molecule has 9 rings (SSSR count). The fourth-order valence-corrected chi connectivity index (χ4v) is 7.04. The Morgan fingerprint density at radius 1 is 0.574 bits per heavy atom. The molecule has 0 saturated heterocycles. The lowest BCUT2D eigenvalue weighted by atomic mass is 9.90. The zero-order valence-electron chi connectivity index (χ0n) is 25.6. The second kappa shape index (κ2) is 10.9. The highest BCUT2D eigenvalue weighted by atomic mass is 15.2. The van der Waals surface area contributed by atoms with E-state index in [4.69, 9.17) is 9.97 Å². The van der Waals surface area contributed by atoms with Gasteiger partial charge < -0.3 is 4.90 Å². The van der Waals surface area contributed by atoms with Crippen molar-refractivity contribution in [2.75, 3.05) is 4.90 Å². The summed E-state index contributed by atoms with van der Waals surface area (Å²) in [7, 11) is 0. The third kappa shape index (κ3) is 4.36. The van der Waals surface area contributed by atoms with Gasteiger partial charge in [0.2, 0.25) is 0 Å². The maximum atomic E-state index is 5.23. The first kappa shape index (κ1) is 27.0. The fraction of sp³-hybridized carbons (Fsp3) is 0.0238. The summed E-state index contributed by atoms with van der Waals surface area (Å²) >= 11 is 0. The second-order valence-corrected chi connectivity index (χ2v) is 11.8. The van der Waals surface area contributed by atoms with Gasteiger partial charge >= 0.3 is 0 Å². The summed E-state index contributed by atoms with van der Waals surface area (Å²) in [6.07, 6.45) is 0. The number of hydrogen-bond acceptors (Lipinski definition) is 4. The van der Waals surface area contributed by atoms with Crippen LogP contribution in [0.4, 0.5) is 17.1 Å². The quantitative estimate of drug-likeness (QED) is 0.184. The van der Waals surface area contributed by atoms with Gasteiger partial charge in [0, 0.05) is 45.8 Å². The van der Waals surface area contributed by atoms with Crippen LogP contribution in [-0.2, 0) is 6.54 Å². The first-order chi connectivity index (χ1) is 23.3. The van der Waals surface area contributed by atoms with Crippen LogP contribution < -0.4 is 4.90 Å². The highest BCUT2D eigenvalue weighted by Crippen LogP contribution is 2.48. The van der Waals surface area contributed by atoms with E-state index >= 15 is 0 Å². The average Bonchev–Trinajstić information content (AvgIpc) is 3.50. The molecule has 6 aromatic carbocycles. The topological polar surface area (TPSA) is 46.3 Å². The van der Waals surface area contributed by atoms with Gasteiger partial charge in [-0.2, -0.15) is 0 Å². The SMILES string of the molecule is C=Nc1ccccc1N1Cc2c(ccc3c2c2ccccc2n3-c2cc(-c3ccccc3)nc(-c3ccccc3)n2)-c2ccccc21. The highest BCUT2D eigenvalue weighted by molar-refractivity contribution is 6.13. The summed E-state index contributed by atoms with van der Waals surface area (Å²) in [6.45, 7) is 4.57. The van der Waals surface area contributed by atoms with Crippen molar-refractivity contribution in [3.8, 4) is 39.6 Å². The van der Waals surface area contributed by atoms with E-state index in [1.54, 1.807) is 0 Å². The minimum absolute atomic E-state index is 0.693. The van der Waals surface area contributed by atoms with Crippen LogP contribution in [0.2, 0.25) is 0 Å². The monoisotopic (exact) mass is 603 g/mol. The van der Waals surface area contributed by atoms with Crippen molar-refractivity contribution in [1.29, 1.82) is 0 Å². The molecule has 0 atom stereocenters. The third-order valence-electron chi connectivity index (χ3n) is 9.13. The summed E-state index contributed by atoms with van der Waals surface area (Å²) in [6, 6.07) is 52.7. The van der Waals surface area contributed by atoms with E-state index < -0.39 is 0 Å². The van der Waals surface area contributed by atoms with Crippen LogP contribution in [0.3, 0.4) is 0 Å². The number of para-hydroxylation sites is 4. The fourth-order valence-electron chi connectivity index (χ4n) is 7.04. The van der Waals surface area contributed by atoms with Crippen molar-refractivity contribution in [2.45, 2.75) is 6.54 Å². The summed E-state index contributed by atoms with van der Waals surface area (Å²) in [4.78, 5) is 17.0. The average molecular weight is 604 g/mol. The molecule has 3 heterocycles. The van der Waals surface area contributed by atoms with E-state index in [1.807, 2.05) is 36.4 Å². The van der Waals surface area contributed by atoms with E-state index in [1.165, 1.54) is 27.5 Å². The summed E-state index contributed by atoms with van der Waals surface area (Å²) in [5.74, 6) is 1.53. The zero-order valence-corrected chi connectivity index (χ0v) is 25.6. The smallest absolute Gasteiger partial charge is 0.162 e. The second-order valence-electron chi connectivity index (χ2n) is 11.8. The minimum atomic E-state index is 0.693. The molecule has 2 aromatic heterocycles. The molecule has 5 heteroatoms. The van der Waals surface area contributed by atoms with Crippen molar-refractivity contribution in [3.63, 3.8) is 0 Å². The molecular weight excluding hydrogens is 574 g/mol. The summed E-state index contributed by atoms with van der Waals surface area (Å²) < 4.78 is 2.30. The van der Waals surface area contributed by atoms with E-state index in [0.29, 0.717) is 12.4 Å². The minimum Gasteiger partial charge on any atom is -0.335 e. The molecule has 8 aromatic rings. The Hall–Kier alpha value is -6.33. The van der Waals surface area contributed by atoms with E-state index in [-0.39, 0.29) is 0 Å². The van der Waals surface area contributed by atoms with Gasteiger partial charge in [0.1, 0.15) is 5.82 Å². The highest BCUT2D eigenvalue weighted by Gasteiger charge is 2.28. The number of hydrogen-bond donors (Lipinski definition) is 0. The van der Waals surface area contributed by atoms with Crippen LogP contribution in [0.15, 0.2) is 157 Å². The molecule has 0 N–H and O–H groups in total. The molecule has 0 spiro atoms. The van der Waals surface area contributed by atoms with Crippen LogP contribution in [0, 0.1) is 0 Å². The molecule has 0 fully saturated rings. The first-order valence-electron chi connectivity index (χ1n) is 15.8. The lowest BCUT2D eigenvalue weighted by Gasteiger charge is -2.34. The molecule has 0 radical (unpaired) electrons. The summed E-state index contributed by atoms with van der Waals surface area (Å²) in [5.41, 5.74) is 11.9. The molecule has 47 heavy (non-hydrogen) atoms. The normalized spacial score (nSPS) is 12.2. The van der Waals surface area contributed by atoms with E-state index in [2.05, 4.69) is 136 Å². The number of benzene rings is 6. The Labute approximate surface area is 272 Å². The molecule has 1 aliphatic rings. The van der Waals surface area contributed by atoms with Crippen molar-refractivity contribution in [3.05, 3.63) is 157 Å². The van der Waals surface area contributed by atoms with Gasteiger partial charge in [0.05, 0.1) is 28.1 Å². The molecule has 0 aliphatic carbocycles. The van der Waals surface area contributed by atoms with E-state index in [0.717, 1.165) is 50.7 Å². The summed E-state index contributed by atoms with van der Waals surface area (Å²) in [5, 5.41) is 2.41. The Bertz CT molecular complexity index is 2400. The van der Waals surface area contributed by atoms with Crippen molar-refractivity contribution < 1.29 is 0 Å². The van der Waals surface area contributed by atoms with Crippen molar-refractivity contribution in [2.24, 2.45) is 4.99 Å². The molecule has 0 saturated carbocycles. The van der Waals surface area contributed by atoms with Crippen LogP contribution in [0.25, 0.3) is 61.4 Å². The van der Waals surface area contributed by atoms with Gasteiger partial charge in [0.15, 0.2) is 5.82 Å². The number of anilines is 2. The van der Waals surface area contributed by atoms with E-state index in [9.17, 15) is 0 Å². The number of nitrogens with zero attached hydrogens (tertiary/aromatic N) is 5. The van der Waals surface area contributed by atoms with Crippen LogP contribution in [0.1, 0.15) is 5.56 Å². The van der Waals surface area contributed by atoms with Gasteiger partial charge in [-0.15, -0.1) is 0 Å². The van der Waals surface area contributed by atoms with Gasteiger partial charge in [-0.3, -0.25) is 9.56 Å². The molecule has 5 nitrogen and oxygen atoms in total. The lowest BCUT2D eigenvalue weighted by Crippen LogP contribution is -2.21. The maximum Gasteiger partial charge on any atom is 0.162 e. The van der Waals surface area contributed by atoms with Crippen molar-refractivity contribution in [1.82, 2.24) is 14.5 Å². The number of rotatable bonds is 5. The molecule has 1 aliphatic heterocycles. The Kier molecular flexibility index (Phi) is 6.28. The molecule has 222 valence electrons. The standard InChI is InChI=1S/C42H29N5/c1-43-34-20-10-13-23-38(34)46-27-33-30(31-18-8-11-21-36(31)46)24-25-39-41(33)32-19-9-12-22-37(32)47(39)40-26-35(28-14-4-2-5-15-28)44-42(45-40)29-16-6-3-7-17-29/h2-26H,1,27H2. The molecular formula is C42H29N5. The Morgan fingerprint density at radius 2 is 1.26 bits per heavy atom.